The van der Waals surface area contributed by atoms with Crippen LogP contribution in [0, 0.1) is 11.7 Å². The lowest BCUT2D eigenvalue weighted by Crippen LogP contribution is -2.29. The molecule has 1 aliphatic rings. The zero-order valence-electron chi connectivity index (χ0n) is 16.6. The highest BCUT2D eigenvalue weighted by Crippen LogP contribution is 2.33. The molecule has 0 amide bonds. The molecule has 1 aliphatic heterocycles. The fourth-order valence-electron chi connectivity index (χ4n) is 3.78. The normalized spacial score (nSPS) is 13.6. The van der Waals surface area contributed by atoms with E-state index < -0.39 is 0 Å². The van der Waals surface area contributed by atoms with Crippen LogP contribution in [-0.4, -0.2) is 23.2 Å². The Morgan fingerprint density at radius 2 is 1.86 bits per heavy atom. The Morgan fingerprint density at radius 3 is 2.69 bits per heavy atom. The van der Waals surface area contributed by atoms with Gasteiger partial charge in [-0.25, -0.2) is 4.39 Å². The Kier molecular flexibility index (Phi) is 6.06. The maximum atomic E-state index is 14.2. The Labute approximate surface area is 170 Å². The third-order valence-corrected chi connectivity index (χ3v) is 5.07. The average molecular weight is 392 g/mol. The van der Waals surface area contributed by atoms with E-state index >= 15 is 0 Å². The van der Waals surface area contributed by atoms with E-state index in [0.29, 0.717) is 18.0 Å². The highest BCUT2D eigenvalue weighted by molar-refractivity contribution is 5.44. The number of nitrogens with zero attached hydrogens (tertiary/aromatic N) is 2. The van der Waals surface area contributed by atoms with Gasteiger partial charge in [-0.05, 0) is 47.7 Å². The van der Waals surface area contributed by atoms with Crippen molar-refractivity contribution in [2.45, 2.75) is 26.4 Å². The molecular weight excluding hydrogens is 367 g/mol. The van der Waals surface area contributed by atoms with Gasteiger partial charge in [0.25, 0.3) is 0 Å². The molecule has 0 fully saturated rings. The summed E-state index contributed by atoms with van der Waals surface area (Å²) in [5.41, 5.74) is 3.06. The number of pyridine rings is 1. The summed E-state index contributed by atoms with van der Waals surface area (Å²) in [4.78, 5) is 6.50. The summed E-state index contributed by atoms with van der Waals surface area (Å²) in [6, 6.07) is 17.1. The van der Waals surface area contributed by atoms with Gasteiger partial charge in [-0.3, -0.25) is 9.88 Å². The molecule has 4 rings (SSSR count). The van der Waals surface area contributed by atoms with Crippen LogP contribution in [0.1, 0.15) is 23.6 Å². The van der Waals surface area contributed by atoms with Gasteiger partial charge in [0.15, 0.2) is 11.5 Å². The second-order valence-electron chi connectivity index (χ2n) is 7.62. The van der Waals surface area contributed by atoms with Crippen LogP contribution in [0.15, 0.2) is 67.0 Å². The van der Waals surface area contributed by atoms with E-state index in [1.54, 1.807) is 12.3 Å². The molecule has 0 N–H and O–H groups in total. The molecule has 4 nitrogen and oxygen atoms in total. The van der Waals surface area contributed by atoms with E-state index in [1.807, 2.05) is 30.5 Å². The lowest BCUT2D eigenvalue weighted by Gasteiger charge is -2.26. The second-order valence-corrected chi connectivity index (χ2v) is 7.62. The summed E-state index contributed by atoms with van der Waals surface area (Å²) in [6.07, 6.45) is 4.56. The van der Waals surface area contributed by atoms with Crippen molar-refractivity contribution in [3.63, 3.8) is 0 Å². The highest BCUT2D eigenvalue weighted by Gasteiger charge is 2.17. The van der Waals surface area contributed by atoms with Crippen LogP contribution in [0.5, 0.6) is 11.5 Å². The van der Waals surface area contributed by atoms with Crippen LogP contribution >= 0.6 is 0 Å². The number of aromatic nitrogens is 1. The minimum atomic E-state index is -0.160. The number of fused-ring (bicyclic) bond motifs is 1. The van der Waals surface area contributed by atoms with Crippen molar-refractivity contribution in [2.75, 3.05) is 13.3 Å². The van der Waals surface area contributed by atoms with Crippen LogP contribution in [0.25, 0.3) is 0 Å². The van der Waals surface area contributed by atoms with E-state index in [1.165, 1.54) is 11.6 Å². The summed E-state index contributed by atoms with van der Waals surface area (Å²) in [6.45, 7) is 4.65. The monoisotopic (exact) mass is 392 g/mol. The van der Waals surface area contributed by atoms with Crippen LogP contribution in [0.2, 0.25) is 0 Å². The molecular formula is C24H25FN2O2. The Bertz CT molecular complexity index is 949. The third-order valence-electron chi connectivity index (χ3n) is 5.07. The van der Waals surface area contributed by atoms with Crippen molar-refractivity contribution in [1.29, 1.82) is 0 Å². The first-order chi connectivity index (χ1) is 14.2. The predicted octanol–water partition coefficient (Wildman–Crippen LogP) is 4.83. The minimum Gasteiger partial charge on any atom is -0.454 e. The quantitative estimate of drug-likeness (QED) is 0.550. The SMILES string of the molecule is CC(Cc1ccc2c(c1)OCO2)CN(Cc1cccnc1)Cc1ccccc1F. The predicted molar refractivity (Wildman–Crippen MR) is 110 cm³/mol. The van der Waals surface area contributed by atoms with Gasteiger partial charge in [0, 0.05) is 37.6 Å². The smallest absolute Gasteiger partial charge is 0.231 e. The van der Waals surface area contributed by atoms with Crippen LogP contribution in [0.4, 0.5) is 4.39 Å². The Balaban J connectivity index is 1.45. The number of hydrogen-bond acceptors (Lipinski definition) is 4. The molecule has 2 aromatic carbocycles. The Hall–Kier alpha value is -2.92. The summed E-state index contributed by atoms with van der Waals surface area (Å²) >= 11 is 0. The largest absolute Gasteiger partial charge is 0.454 e. The maximum absolute atomic E-state index is 14.2. The molecule has 29 heavy (non-hydrogen) atoms. The van der Waals surface area contributed by atoms with Crippen molar-refractivity contribution >= 4 is 0 Å². The van der Waals surface area contributed by atoms with Crippen LogP contribution in [-0.2, 0) is 19.5 Å². The number of rotatable bonds is 8. The van der Waals surface area contributed by atoms with Crippen molar-refractivity contribution in [3.8, 4) is 11.5 Å². The van der Waals surface area contributed by atoms with Gasteiger partial charge in [-0.1, -0.05) is 37.3 Å². The standard InChI is InChI=1S/C24H25FN2O2/c1-18(11-19-8-9-23-24(12-19)29-17-28-23)14-27(15-20-5-4-10-26-13-20)16-21-6-2-3-7-22(21)25/h2-10,12-13,18H,11,14-17H2,1H3. The minimum absolute atomic E-state index is 0.160. The molecule has 0 radical (unpaired) electrons. The average Bonchev–Trinajstić information content (AvgIpc) is 3.18. The number of hydrogen-bond donors (Lipinski definition) is 0. The molecule has 0 saturated carbocycles. The first-order valence-electron chi connectivity index (χ1n) is 9.90. The number of halogens is 1. The van der Waals surface area contributed by atoms with Gasteiger partial charge in [-0.2, -0.15) is 0 Å². The first kappa shape index (κ1) is 19.4. The molecule has 1 aromatic heterocycles. The lowest BCUT2D eigenvalue weighted by molar-refractivity contribution is 0.174. The molecule has 1 atom stereocenters. The van der Waals surface area contributed by atoms with Gasteiger partial charge in [0.1, 0.15) is 5.82 Å². The molecule has 0 bridgehead atoms. The highest BCUT2D eigenvalue weighted by atomic mass is 19.1. The molecule has 150 valence electrons. The van der Waals surface area contributed by atoms with Crippen LogP contribution in [0.3, 0.4) is 0 Å². The van der Waals surface area contributed by atoms with Crippen molar-refractivity contribution in [3.05, 3.63) is 89.5 Å². The van der Waals surface area contributed by atoms with Crippen molar-refractivity contribution < 1.29 is 13.9 Å². The van der Waals surface area contributed by atoms with Crippen molar-refractivity contribution in [2.24, 2.45) is 5.92 Å². The van der Waals surface area contributed by atoms with Gasteiger partial charge >= 0.3 is 0 Å². The molecule has 0 spiro atoms. The fourth-order valence-corrected chi connectivity index (χ4v) is 3.78. The number of benzene rings is 2. The van der Waals surface area contributed by atoms with E-state index in [-0.39, 0.29) is 12.6 Å². The summed E-state index contributed by atoms with van der Waals surface area (Å²) < 4.78 is 25.1. The lowest BCUT2D eigenvalue weighted by atomic mass is 9.99. The van der Waals surface area contributed by atoms with E-state index in [4.69, 9.17) is 9.47 Å². The molecule has 5 heteroatoms. The summed E-state index contributed by atoms with van der Waals surface area (Å²) in [5.74, 6) is 1.85. The van der Waals surface area contributed by atoms with Gasteiger partial charge < -0.3 is 9.47 Å². The van der Waals surface area contributed by atoms with E-state index in [9.17, 15) is 4.39 Å². The van der Waals surface area contributed by atoms with Crippen LogP contribution < -0.4 is 9.47 Å². The zero-order chi connectivity index (χ0) is 20.1. The second kappa shape index (κ2) is 9.05. The van der Waals surface area contributed by atoms with E-state index in [0.717, 1.165) is 36.6 Å². The maximum Gasteiger partial charge on any atom is 0.231 e. The first-order valence-corrected chi connectivity index (χ1v) is 9.90. The van der Waals surface area contributed by atoms with Crippen molar-refractivity contribution in [1.82, 2.24) is 9.88 Å². The summed E-state index contributed by atoms with van der Waals surface area (Å²) in [5, 5.41) is 0. The Morgan fingerprint density at radius 1 is 1.00 bits per heavy atom. The van der Waals surface area contributed by atoms with Gasteiger partial charge in [0.2, 0.25) is 6.79 Å². The zero-order valence-corrected chi connectivity index (χ0v) is 16.6. The molecule has 0 saturated heterocycles. The number of ether oxygens (including phenoxy) is 2. The topological polar surface area (TPSA) is 34.6 Å². The summed E-state index contributed by atoms with van der Waals surface area (Å²) in [7, 11) is 0. The van der Waals surface area contributed by atoms with Gasteiger partial charge in [0.05, 0.1) is 0 Å². The molecule has 0 aliphatic carbocycles. The third kappa shape index (κ3) is 5.12. The molecule has 2 heterocycles. The molecule has 1 unspecified atom stereocenters. The fraction of sp³-hybridized carbons (Fsp3) is 0.292. The van der Waals surface area contributed by atoms with Gasteiger partial charge in [-0.15, -0.1) is 0 Å². The molecule has 3 aromatic rings. The van der Waals surface area contributed by atoms with E-state index in [2.05, 4.69) is 35.0 Å².